The van der Waals surface area contributed by atoms with E-state index in [1.165, 1.54) is 6.42 Å². The number of nitriles is 1. The third kappa shape index (κ3) is 2.12. The number of hydrogen-bond donors (Lipinski definition) is 0. The summed E-state index contributed by atoms with van der Waals surface area (Å²) in [6.45, 7) is 0. The van der Waals surface area contributed by atoms with Crippen LogP contribution in [-0.2, 0) is 4.79 Å². The van der Waals surface area contributed by atoms with E-state index in [1.807, 2.05) is 18.2 Å². The van der Waals surface area contributed by atoms with E-state index in [9.17, 15) is 10.1 Å². The largest absolute Gasteiger partial charge is 0.496 e. The molecule has 0 amide bonds. The monoisotopic (exact) mass is 255 g/mol. The lowest BCUT2D eigenvalue weighted by Gasteiger charge is -2.17. The molecule has 2 aliphatic carbocycles. The smallest absolute Gasteiger partial charge is 0.157 e. The molecule has 2 aliphatic rings. The number of hydrogen-bond acceptors (Lipinski definition) is 3. The fourth-order valence-electron chi connectivity index (χ4n) is 3.37. The van der Waals surface area contributed by atoms with Crippen LogP contribution < -0.4 is 4.74 Å². The Hall–Kier alpha value is -1.82. The Morgan fingerprint density at radius 1 is 1.32 bits per heavy atom. The molecule has 3 rings (SSSR count). The molecule has 3 unspecified atom stereocenters. The van der Waals surface area contributed by atoms with Gasteiger partial charge in [-0.1, -0.05) is 18.2 Å². The van der Waals surface area contributed by atoms with Gasteiger partial charge in [0.2, 0.25) is 0 Å². The van der Waals surface area contributed by atoms with Crippen LogP contribution in [-0.4, -0.2) is 12.9 Å². The summed E-state index contributed by atoms with van der Waals surface area (Å²) in [4.78, 5) is 12.5. The third-order valence-corrected chi connectivity index (χ3v) is 4.51. The second-order valence-electron chi connectivity index (χ2n) is 5.63. The van der Waals surface area contributed by atoms with E-state index in [2.05, 4.69) is 6.07 Å². The first kappa shape index (κ1) is 12.2. The van der Waals surface area contributed by atoms with Crippen LogP contribution in [0.2, 0.25) is 0 Å². The molecule has 0 spiro atoms. The number of Topliss-reactive ketones (excluding diaryl/α,β-unsaturated/α-hetero) is 1. The summed E-state index contributed by atoms with van der Waals surface area (Å²) in [6, 6.07) is 9.50. The minimum Gasteiger partial charge on any atom is -0.496 e. The van der Waals surface area contributed by atoms with E-state index >= 15 is 0 Å². The molecule has 19 heavy (non-hydrogen) atoms. The number of nitrogens with zero attached hydrogens (tertiary/aromatic N) is 1. The van der Waals surface area contributed by atoms with Crippen LogP contribution in [0.1, 0.15) is 30.7 Å². The second kappa shape index (κ2) is 4.70. The van der Waals surface area contributed by atoms with E-state index in [0.29, 0.717) is 11.3 Å². The molecule has 0 bridgehead atoms. The van der Waals surface area contributed by atoms with Crippen LogP contribution in [0.25, 0.3) is 0 Å². The number of ketones is 1. The molecule has 0 aromatic heterocycles. The lowest BCUT2D eigenvalue weighted by atomic mass is 9.85. The van der Waals surface area contributed by atoms with Gasteiger partial charge in [-0.3, -0.25) is 4.79 Å². The topological polar surface area (TPSA) is 50.1 Å². The average Bonchev–Trinajstić information content (AvgIpc) is 3.06. The molecule has 0 N–H and O–H groups in total. The number of carbonyl (C=O) groups is 1. The van der Waals surface area contributed by atoms with Crippen molar-refractivity contribution >= 4 is 5.78 Å². The first-order valence-corrected chi connectivity index (χ1v) is 6.80. The molecule has 3 atom stereocenters. The summed E-state index contributed by atoms with van der Waals surface area (Å²) in [5.74, 6) is 1.62. The zero-order valence-corrected chi connectivity index (χ0v) is 11.0. The third-order valence-electron chi connectivity index (χ3n) is 4.51. The molecule has 1 aromatic rings. The van der Waals surface area contributed by atoms with E-state index in [-0.39, 0.29) is 11.7 Å². The first-order chi connectivity index (χ1) is 9.24. The molecule has 2 saturated carbocycles. The predicted octanol–water partition coefficient (Wildman–Crippen LogP) is 2.92. The van der Waals surface area contributed by atoms with Gasteiger partial charge in [0.1, 0.15) is 11.7 Å². The maximum atomic E-state index is 12.5. The van der Waals surface area contributed by atoms with Gasteiger partial charge >= 0.3 is 0 Å². The molecule has 2 fully saturated rings. The number of methoxy groups -OCH3 is 1. The van der Waals surface area contributed by atoms with Crippen molar-refractivity contribution in [1.29, 1.82) is 5.26 Å². The minimum absolute atomic E-state index is 0.0818. The maximum Gasteiger partial charge on any atom is 0.157 e. The van der Waals surface area contributed by atoms with Crippen molar-refractivity contribution in [2.24, 2.45) is 17.8 Å². The Balaban J connectivity index is 1.84. The zero-order valence-electron chi connectivity index (χ0n) is 11.0. The number of carbonyl (C=O) groups excluding carboxylic acids is 1. The van der Waals surface area contributed by atoms with Crippen LogP contribution in [0.4, 0.5) is 0 Å². The minimum atomic E-state index is -0.682. The number of ether oxygens (including phenoxy) is 1. The average molecular weight is 255 g/mol. The molecule has 0 saturated heterocycles. The van der Waals surface area contributed by atoms with Gasteiger partial charge in [0.15, 0.2) is 5.78 Å². The van der Waals surface area contributed by atoms with Crippen molar-refractivity contribution in [3.63, 3.8) is 0 Å². The summed E-state index contributed by atoms with van der Waals surface area (Å²) in [7, 11) is 1.57. The summed E-state index contributed by atoms with van der Waals surface area (Å²) in [6.07, 6.45) is 3.25. The van der Waals surface area contributed by atoms with E-state index in [4.69, 9.17) is 4.74 Å². The number of para-hydroxylation sites is 1. The summed E-state index contributed by atoms with van der Waals surface area (Å²) in [5.41, 5.74) is 0.707. The highest BCUT2D eigenvalue weighted by Crippen LogP contribution is 2.55. The summed E-state index contributed by atoms with van der Waals surface area (Å²) >= 11 is 0. The van der Waals surface area contributed by atoms with Gasteiger partial charge in [0.05, 0.1) is 13.2 Å². The molecular weight excluding hydrogens is 238 g/mol. The Labute approximate surface area is 113 Å². The highest BCUT2D eigenvalue weighted by molar-refractivity contribution is 5.91. The van der Waals surface area contributed by atoms with Crippen LogP contribution >= 0.6 is 0 Å². The molecule has 98 valence electrons. The normalized spacial score (nSPS) is 29.2. The van der Waals surface area contributed by atoms with Crippen molar-refractivity contribution in [3.05, 3.63) is 29.8 Å². The van der Waals surface area contributed by atoms with Crippen molar-refractivity contribution < 1.29 is 9.53 Å². The van der Waals surface area contributed by atoms with Gasteiger partial charge in [-0.25, -0.2) is 0 Å². The fourth-order valence-corrected chi connectivity index (χ4v) is 3.37. The Morgan fingerprint density at radius 2 is 2.00 bits per heavy atom. The highest BCUT2D eigenvalue weighted by atomic mass is 16.5. The number of fused-ring (bicyclic) bond motifs is 1. The van der Waals surface area contributed by atoms with Crippen molar-refractivity contribution in [1.82, 2.24) is 0 Å². The van der Waals surface area contributed by atoms with Crippen LogP contribution in [0.15, 0.2) is 24.3 Å². The predicted molar refractivity (Wildman–Crippen MR) is 70.7 cm³/mol. The maximum absolute atomic E-state index is 12.5. The number of benzene rings is 1. The van der Waals surface area contributed by atoms with Gasteiger partial charge in [-0.2, -0.15) is 5.26 Å². The molecule has 3 nitrogen and oxygen atoms in total. The van der Waals surface area contributed by atoms with Crippen molar-refractivity contribution in [3.8, 4) is 11.8 Å². The first-order valence-electron chi connectivity index (χ1n) is 6.80. The highest BCUT2D eigenvalue weighted by Gasteiger charge is 2.49. The van der Waals surface area contributed by atoms with Crippen LogP contribution in [0.3, 0.4) is 0 Å². The molecular formula is C16H17NO2. The Kier molecular flexibility index (Phi) is 3.02. The summed E-state index contributed by atoms with van der Waals surface area (Å²) < 4.78 is 5.27. The molecule has 3 heteroatoms. The lowest BCUT2D eigenvalue weighted by Crippen LogP contribution is -2.20. The van der Waals surface area contributed by atoms with Gasteiger partial charge in [0.25, 0.3) is 0 Å². The van der Waals surface area contributed by atoms with Crippen molar-refractivity contribution in [2.75, 3.05) is 7.11 Å². The molecule has 0 radical (unpaired) electrons. The van der Waals surface area contributed by atoms with Gasteiger partial charge in [0, 0.05) is 11.5 Å². The lowest BCUT2D eigenvalue weighted by molar-refractivity contribution is -0.123. The Morgan fingerprint density at radius 3 is 2.63 bits per heavy atom. The van der Waals surface area contributed by atoms with Crippen LogP contribution in [0.5, 0.6) is 5.75 Å². The quantitative estimate of drug-likeness (QED) is 0.831. The molecule has 1 aromatic carbocycles. The Bertz CT molecular complexity index is 536. The molecule has 0 aliphatic heterocycles. The number of rotatable bonds is 4. The SMILES string of the molecule is COc1ccccc1C(C#N)C(=O)C1CC2CC2C1. The van der Waals surface area contributed by atoms with Gasteiger partial charge in [-0.05, 0) is 37.2 Å². The second-order valence-corrected chi connectivity index (χ2v) is 5.63. The molecule has 0 heterocycles. The van der Waals surface area contributed by atoms with Crippen LogP contribution in [0, 0.1) is 29.1 Å². The van der Waals surface area contributed by atoms with Crippen molar-refractivity contribution in [2.45, 2.75) is 25.2 Å². The standard InChI is InChI=1S/C16H17NO2/c1-19-15-5-3-2-4-13(15)14(9-17)16(18)12-7-10-6-11(10)8-12/h2-5,10-12,14H,6-8H2,1H3. The fraction of sp³-hybridized carbons (Fsp3) is 0.500. The zero-order chi connectivity index (χ0) is 13.4. The van der Waals surface area contributed by atoms with Gasteiger partial charge < -0.3 is 4.74 Å². The van der Waals surface area contributed by atoms with E-state index in [1.54, 1.807) is 13.2 Å². The van der Waals surface area contributed by atoms with E-state index in [0.717, 1.165) is 24.7 Å². The summed E-state index contributed by atoms with van der Waals surface area (Å²) in [5, 5.41) is 9.38. The van der Waals surface area contributed by atoms with E-state index < -0.39 is 5.92 Å². The van der Waals surface area contributed by atoms with Gasteiger partial charge in [-0.15, -0.1) is 0 Å².